The van der Waals surface area contributed by atoms with Gasteiger partial charge in [0, 0.05) is 28.9 Å². The van der Waals surface area contributed by atoms with Crippen LogP contribution in [0.5, 0.6) is 0 Å². The third-order valence-electron chi connectivity index (χ3n) is 2.93. The van der Waals surface area contributed by atoms with Gasteiger partial charge in [-0.1, -0.05) is 12.8 Å². The van der Waals surface area contributed by atoms with E-state index in [1.54, 1.807) is 0 Å². The summed E-state index contributed by atoms with van der Waals surface area (Å²) in [5, 5.41) is 4.13. The predicted molar refractivity (Wildman–Crippen MR) is 72.1 cm³/mol. The lowest BCUT2D eigenvalue weighted by Gasteiger charge is -2.09. The van der Waals surface area contributed by atoms with Gasteiger partial charge in [-0.25, -0.2) is 0 Å². The first-order valence-corrected chi connectivity index (χ1v) is 6.97. The van der Waals surface area contributed by atoms with Crippen LogP contribution in [0.3, 0.4) is 0 Å². The van der Waals surface area contributed by atoms with Crippen molar-refractivity contribution in [2.45, 2.75) is 35.8 Å². The molecule has 0 heterocycles. The maximum Gasteiger partial charge on any atom is 0.0341 e. The monoisotopic (exact) mass is 236 g/mol. The first kappa shape index (κ1) is 11.8. The molecule has 1 aliphatic carbocycles. The van der Waals surface area contributed by atoms with E-state index in [9.17, 15) is 0 Å². The third-order valence-corrected chi connectivity index (χ3v) is 4.28. The standard InChI is InChI=1S/C13H20N2S/c14-9-10-15-11-5-7-13(8-6-11)16-12-3-1-2-4-12/h5-8,12,15H,1-4,9-10,14H2. The Kier molecular flexibility index (Phi) is 4.55. The number of thioether (sulfide) groups is 1. The Labute approximate surface area is 102 Å². The molecule has 2 rings (SSSR count). The van der Waals surface area contributed by atoms with Crippen molar-refractivity contribution >= 4 is 17.4 Å². The van der Waals surface area contributed by atoms with Crippen LogP contribution in [-0.2, 0) is 0 Å². The number of hydrogen-bond donors (Lipinski definition) is 2. The summed E-state index contributed by atoms with van der Waals surface area (Å²) < 4.78 is 0. The minimum atomic E-state index is 0.679. The van der Waals surface area contributed by atoms with E-state index in [1.807, 2.05) is 11.8 Å². The molecular weight excluding hydrogens is 216 g/mol. The van der Waals surface area contributed by atoms with Crippen LogP contribution in [0.25, 0.3) is 0 Å². The molecule has 0 bridgehead atoms. The number of anilines is 1. The van der Waals surface area contributed by atoms with Gasteiger partial charge in [0.2, 0.25) is 0 Å². The molecule has 3 heteroatoms. The Morgan fingerprint density at radius 1 is 1.19 bits per heavy atom. The Morgan fingerprint density at radius 3 is 2.50 bits per heavy atom. The first-order valence-electron chi connectivity index (χ1n) is 6.09. The summed E-state index contributed by atoms with van der Waals surface area (Å²) in [5.74, 6) is 0. The minimum Gasteiger partial charge on any atom is -0.384 e. The average molecular weight is 236 g/mol. The predicted octanol–water partition coefficient (Wildman–Crippen LogP) is 3.09. The zero-order valence-corrected chi connectivity index (χ0v) is 10.4. The molecule has 0 amide bonds. The van der Waals surface area contributed by atoms with E-state index < -0.39 is 0 Å². The molecule has 1 saturated carbocycles. The summed E-state index contributed by atoms with van der Waals surface area (Å²) in [6.45, 7) is 1.52. The van der Waals surface area contributed by atoms with Crippen molar-refractivity contribution in [3.63, 3.8) is 0 Å². The van der Waals surface area contributed by atoms with Crippen LogP contribution in [0.2, 0.25) is 0 Å². The molecule has 0 aliphatic heterocycles. The van der Waals surface area contributed by atoms with Crippen LogP contribution in [0.4, 0.5) is 5.69 Å². The van der Waals surface area contributed by atoms with Gasteiger partial charge in [-0.2, -0.15) is 0 Å². The van der Waals surface area contributed by atoms with Gasteiger partial charge in [-0.3, -0.25) is 0 Å². The van der Waals surface area contributed by atoms with Crippen LogP contribution in [0.1, 0.15) is 25.7 Å². The van der Waals surface area contributed by atoms with Crippen LogP contribution >= 0.6 is 11.8 Å². The van der Waals surface area contributed by atoms with E-state index in [-0.39, 0.29) is 0 Å². The fourth-order valence-electron chi connectivity index (χ4n) is 2.07. The summed E-state index contributed by atoms with van der Waals surface area (Å²) in [6, 6.07) is 8.71. The average Bonchev–Trinajstić information content (AvgIpc) is 2.81. The fraction of sp³-hybridized carbons (Fsp3) is 0.538. The van der Waals surface area contributed by atoms with Gasteiger partial charge in [0.05, 0.1) is 0 Å². The number of rotatable bonds is 5. The molecule has 1 fully saturated rings. The Morgan fingerprint density at radius 2 is 1.88 bits per heavy atom. The van der Waals surface area contributed by atoms with Gasteiger partial charge in [-0.15, -0.1) is 11.8 Å². The van der Waals surface area contributed by atoms with E-state index in [1.165, 1.54) is 36.3 Å². The number of benzene rings is 1. The van der Waals surface area contributed by atoms with Crippen molar-refractivity contribution in [3.05, 3.63) is 24.3 Å². The molecule has 88 valence electrons. The van der Waals surface area contributed by atoms with Crippen LogP contribution in [0.15, 0.2) is 29.2 Å². The van der Waals surface area contributed by atoms with E-state index in [0.717, 1.165) is 11.8 Å². The molecule has 1 aromatic rings. The summed E-state index contributed by atoms with van der Waals surface area (Å²) in [5.41, 5.74) is 6.62. The highest BCUT2D eigenvalue weighted by Crippen LogP contribution is 2.34. The lowest BCUT2D eigenvalue weighted by atomic mass is 10.3. The van der Waals surface area contributed by atoms with Crippen LogP contribution in [0, 0.1) is 0 Å². The molecule has 3 N–H and O–H groups in total. The van der Waals surface area contributed by atoms with Gasteiger partial charge in [0.15, 0.2) is 0 Å². The molecular formula is C13H20N2S. The first-order chi connectivity index (χ1) is 7.88. The van der Waals surface area contributed by atoms with E-state index >= 15 is 0 Å². The largest absolute Gasteiger partial charge is 0.384 e. The molecule has 0 radical (unpaired) electrons. The summed E-state index contributed by atoms with van der Waals surface area (Å²) in [6.07, 6.45) is 5.59. The van der Waals surface area contributed by atoms with Gasteiger partial charge in [0.25, 0.3) is 0 Å². The second-order valence-corrected chi connectivity index (χ2v) is 5.64. The second kappa shape index (κ2) is 6.16. The Bertz CT molecular complexity index is 304. The van der Waals surface area contributed by atoms with Crippen molar-refractivity contribution in [2.75, 3.05) is 18.4 Å². The minimum absolute atomic E-state index is 0.679. The lowest BCUT2D eigenvalue weighted by molar-refractivity contribution is 0.886. The Hall–Kier alpha value is -0.670. The fourth-order valence-corrected chi connectivity index (χ4v) is 3.31. The van der Waals surface area contributed by atoms with Crippen LogP contribution < -0.4 is 11.1 Å². The second-order valence-electron chi connectivity index (χ2n) is 4.26. The lowest BCUT2D eigenvalue weighted by Crippen LogP contribution is -2.12. The van der Waals surface area contributed by atoms with Gasteiger partial charge in [0.1, 0.15) is 0 Å². The normalized spacial score (nSPS) is 16.6. The van der Waals surface area contributed by atoms with Crippen molar-refractivity contribution in [3.8, 4) is 0 Å². The quantitative estimate of drug-likeness (QED) is 0.825. The highest BCUT2D eigenvalue weighted by atomic mass is 32.2. The van der Waals surface area contributed by atoms with Gasteiger partial charge >= 0.3 is 0 Å². The molecule has 16 heavy (non-hydrogen) atoms. The summed E-state index contributed by atoms with van der Waals surface area (Å²) in [4.78, 5) is 1.39. The maximum absolute atomic E-state index is 5.45. The van der Waals surface area contributed by atoms with Crippen molar-refractivity contribution in [1.29, 1.82) is 0 Å². The van der Waals surface area contributed by atoms with Crippen molar-refractivity contribution in [1.82, 2.24) is 0 Å². The number of hydrogen-bond acceptors (Lipinski definition) is 3. The van der Waals surface area contributed by atoms with Crippen LogP contribution in [-0.4, -0.2) is 18.3 Å². The molecule has 0 spiro atoms. The van der Waals surface area contributed by atoms with E-state index in [4.69, 9.17) is 5.73 Å². The van der Waals surface area contributed by atoms with E-state index in [2.05, 4.69) is 29.6 Å². The van der Waals surface area contributed by atoms with Crippen molar-refractivity contribution < 1.29 is 0 Å². The molecule has 2 nitrogen and oxygen atoms in total. The summed E-state index contributed by atoms with van der Waals surface area (Å²) >= 11 is 2.03. The summed E-state index contributed by atoms with van der Waals surface area (Å²) in [7, 11) is 0. The highest BCUT2D eigenvalue weighted by molar-refractivity contribution is 8.00. The zero-order valence-electron chi connectivity index (χ0n) is 9.61. The number of nitrogens with two attached hydrogens (primary N) is 1. The topological polar surface area (TPSA) is 38.0 Å². The Balaban J connectivity index is 1.86. The molecule has 0 unspecified atom stereocenters. The zero-order chi connectivity index (χ0) is 11.2. The van der Waals surface area contributed by atoms with E-state index in [0.29, 0.717) is 6.54 Å². The van der Waals surface area contributed by atoms with Gasteiger partial charge < -0.3 is 11.1 Å². The molecule has 0 saturated heterocycles. The number of nitrogens with one attached hydrogen (secondary N) is 1. The SMILES string of the molecule is NCCNc1ccc(SC2CCCC2)cc1. The van der Waals surface area contributed by atoms with Gasteiger partial charge in [-0.05, 0) is 37.1 Å². The highest BCUT2D eigenvalue weighted by Gasteiger charge is 2.15. The van der Waals surface area contributed by atoms with Crippen molar-refractivity contribution in [2.24, 2.45) is 5.73 Å². The molecule has 1 aliphatic rings. The third kappa shape index (κ3) is 3.42. The smallest absolute Gasteiger partial charge is 0.0341 e. The molecule has 0 aromatic heterocycles. The maximum atomic E-state index is 5.45. The molecule has 1 aromatic carbocycles. The molecule has 0 atom stereocenters.